The highest BCUT2D eigenvalue weighted by molar-refractivity contribution is 5.30. The zero-order chi connectivity index (χ0) is 10.8. The summed E-state index contributed by atoms with van der Waals surface area (Å²) in [5, 5.41) is 3.05. The lowest BCUT2D eigenvalue weighted by Crippen LogP contribution is -2.28. The summed E-state index contributed by atoms with van der Waals surface area (Å²) >= 11 is 0. The third-order valence-electron chi connectivity index (χ3n) is 3.11. The van der Waals surface area contributed by atoms with Crippen LogP contribution in [0.25, 0.3) is 0 Å². The Morgan fingerprint density at radius 2 is 2.27 bits per heavy atom. The average molecular weight is 206 g/mol. The van der Waals surface area contributed by atoms with Crippen molar-refractivity contribution in [1.82, 2.24) is 9.88 Å². The first kappa shape index (κ1) is 10.4. The predicted molar refractivity (Wildman–Crippen MR) is 61.2 cm³/mol. The van der Waals surface area contributed by atoms with E-state index in [4.69, 9.17) is 0 Å². The summed E-state index contributed by atoms with van der Waals surface area (Å²) in [4.78, 5) is 12.1. The fourth-order valence-electron chi connectivity index (χ4n) is 2.43. The second kappa shape index (κ2) is 4.19. The lowest BCUT2D eigenvalue weighted by molar-refractivity contribution is 0.663. The van der Waals surface area contributed by atoms with Gasteiger partial charge in [0.2, 0.25) is 0 Å². The molecule has 3 nitrogen and oxygen atoms in total. The molecule has 0 unspecified atom stereocenters. The molecule has 0 atom stereocenters. The van der Waals surface area contributed by atoms with E-state index in [1.807, 2.05) is 18.5 Å². The molecule has 0 saturated heterocycles. The van der Waals surface area contributed by atoms with Gasteiger partial charge >= 0.3 is 0 Å². The Kier molecular flexibility index (Phi) is 2.91. The van der Waals surface area contributed by atoms with Crippen LogP contribution in [0.5, 0.6) is 0 Å². The van der Waals surface area contributed by atoms with E-state index in [-0.39, 0.29) is 5.56 Å². The van der Waals surface area contributed by atoms with Crippen molar-refractivity contribution in [2.45, 2.75) is 39.3 Å². The van der Waals surface area contributed by atoms with Gasteiger partial charge in [0.15, 0.2) is 0 Å². The van der Waals surface area contributed by atoms with Crippen LogP contribution in [0, 0.1) is 0 Å². The van der Waals surface area contributed by atoms with Crippen LogP contribution >= 0.6 is 0 Å². The molecule has 3 heteroatoms. The van der Waals surface area contributed by atoms with Crippen molar-refractivity contribution in [1.29, 1.82) is 0 Å². The van der Waals surface area contributed by atoms with Gasteiger partial charge in [-0.3, -0.25) is 4.79 Å². The lowest BCUT2D eigenvalue weighted by Gasteiger charge is -2.12. The van der Waals surface area contributed by atoms with Crippen molar-refractivity contribution in [3.8, 4) is 0 Å². The van der Waals surface area contributed by atoms with Gasteiger partial charge in [0, 0.05) is 24.3 Å². The minimum Gasteiger partial charge on any atom is -0.315 e. The van der Waals surface area contributed by atoms with Gasteiger partial charge in [-0.15, -0.1) is 0 Å². The van der Waals surface area contributed by atoms with Gasteiger partial charge in [-0.2, -0.15) is 0 Å². The van der Waals surface area contributed by atoms with Gasteiger partial charge in [0.25, 0.3) is 5.56 Å². The Hall–Kier alpha value is -1.09. The lowest BCUT2D eigenvalue weighted by atomic mass is 10.1. The van der Waals surface area contributed by atoms with Crippen LogP contribution in [0.4, 0.5) is 0 Å². The van der Waals surface area contributed by atoms with Gasteiger partial charge in [-0.25, -0.2) is 0 Å². The molecule has 0 radical (unpaired) electrons. The second-order valence-corrected chi connectivity index (χ2v) is 4.07. The molecule has 1 aliphatic rings. The first-order chi connectivity index (χ1) is 7.27. The predicted octanol–water partition coefficient (Wildman–Crippen LogP) is 1.08. The molecule has 1 aromatic rings. The Bertz CT molecular complexity index is 420. The number of fused-ring (bicyclic) bond motifs is 1. The highest BCUT2D eigenvalue weighted by atomic mass is 16.1. The topological polar surface area (TPSA) is 34.0 Å². The third-order valence-corrected chi connectivity index (χ3v) is 3.11. The number of nitrogens with zero attached hydrogens (tertiary/aromatic N) is 1. The van der Waals surface area contributed by atoms with E-state index in [0.29, 0.717) is 6.54 Å². The molecule has 0 aliphatic heterocycles. The van der Waals surface area contributed by atoms with E-state index in [1.54, 1.807) is 0 Å². The minimum absolute atomic E-state index is 0.188. The minimum atomic E-state index is 0.188. The molecular weight excluding hydrogens is 188 g/mol. The number of hydrogen-bond donors (Lipinski definition) is 1. The van der Waals surface area contributed by atoms with E-state index in [9.17, 15) is 4.79 Å². The number of rotatable bonds is 3. The summed E-state index contributed by atoms with van der Waals surface area (Å²) in [5.74, 6) is 0. The monoisotopic (exact) mass is 206 g/mol. The molecule has 1 heterocycles. The van der Waals surface area contributed by atoms with Crippen LogP contribution in [-0.2, 0) is 25.9 Å². The smallest absolute Gasteiger partial charge is 0.255 e. The fourth-order valence-corrected chi connectivity index (χ4v) is 2.43. The summed E-state index contributed by atoms with van der Waals surface area (Å²) in [6.45, 7) is 3.51. The van der Waals surface area contributed by atoms with Crippen LogP contribution < -0.4 is 10.9 Å². The zero-order valence-electron chi connectivity index (χ0n) is 9.47. The first-order valence-electron chi connectivity index (χ1n) is 5.67. The quantitative estimate of drug-likeness (QED) is 0.803. The van der Waals surface area contributed by atoms with Crippen LogP contribution in [0.3, 0.4) is 0 Å². The number of hydrogen-bond acceptors (Lipinski definition) is 2. The molecule has 0 amide bonds. The number of nitrogens with one attached hydrogen (secondary N) is 1. The number of aromatic nitrogens is 1. The van der Waals surface area contributed by atoms with Gasteiger partial charge in [-0.1, -0.05) is 0 Å². The van der Waals surface area contributed by atoms with Crippen molar-refractivity contribution in [2.24, 2.45) is 0 Å². The van der Waals surface area contributed by atoms with Crippen molar-refractivity contribution in [2.75, 3.05) is 7.05 Å². The van der Waals surface area contributed by atoms with E-state index < -0.39 is 0 Å². The molecule has 0 bridgehead atoms. The largest absolute Gasteiger partial charge is 0.315 e. The maximum atomic E-state index is 12.1. The SMILES string of the molecule is CCn1c2c(cc(CNC)c1=O)CCC2. The fraction of sp³-hybridized carbons (Fsp3) is 0.583. The van der Waals surface area contributed by atoms with Gasteiger partial charge in [-0.05, 0) is 44.9 Å². The highest BCUT2D eigenvalue weighted by Crippen LogP contribution is 2.21. The molecule has 0 fully saturated rings. The summed E-state index contributed by atoms with van der Waals surface area (Å²) < 4.78 is 1.94. The molecule has 0 spiro atoms. The van der Waals surface area contributed by atoms with E-state index in [1.165, 1.54) is 17.7 Å². The standard InChI is InChI=1S/C12H18N2O/c1-3-14-11-6-4-5-9(11)7-10(8-13-2)12(14)15/h7,13H,3-6,8H2,1-2H3. The van der Waals surface area contributed by atoms with Crippen LogP contribution in [0.2, 0.25) is 0 Å². The molecule has 1 aliphatic carbocycles. The molecule has 15 heavy (non-hydrogen) atoms. The Morgan fingerprint density at radius 1 is 1.47 bits per heavy atom. The second-order valence-electron chi connectivity index (χ2n) is 4.07. The molecule has 82 valence electrons. The van der Waals surface area contributed by atoms with Crippen LogP contribution in [0.1, 0.15) is 30.2 Å². The summed E-state index contributed by atoms with van der Waals surface area (Å²) in [5.41, 5.74) is 3.73. The average Bonchev–Trinajstić information content (AvgIpc) is 2.67. The Labute approximate surface area is 90.1 Å². The normalized spacial score (nSPS) is 14.3. The first-order valence-corrected chi connectivity index (χ1v) is 5.67. The highest BCUT2D eigenvalue weighted by Gasteiger charge is 2.17. The summed E-state index contributed by atoms with van der Waals surface area (Å²) in [6, 6.07) is 2.09. The molecule has 0 saturated carbocycles. The molecule has 2 rings (SSSR count). The van der Waals surface area contributed by atoms with Crippen molar-refractivity contribution in [3.63, 3.8) is 0 Å². The summed E-state index contributed by atoms with van der Waals surface area (Å²) in [6.07, 6.45) is 3.39. The summed E-state index contributed by atoms with van der Waals surface area (Å²) in [7, 11) is 1.88. The Morgan fingerprint density at radius 3 is 2.93 bits per heavy atom. The number of pyridine rings is 1. The maximum absolute atomic E-state index is 12.1. The van der Waals surface area contributed by atoms with Gasteiger partial charge in [0.05, 0.1) is 0 Å². The van der Waals surface area contributed by atoms with Crippen LogP contribution in [-0.4, -0.2) is 11.6 Å². The van der Waals surface area contributed by atoms with Crippen molar-refractivity contribution < 1.29 is 0 Å². The molecule has 1 aromatic heterocycles. The molecule has 0 aromatic carbocycles. The van der Waals surface area contributed by atoms with Crippen LogP contribution in [0.15, 0.2) is 10.9 Å². The van der Waals surface area contributed by atoms with Crippen molar-refractivity contribution in [3.05, 3.63) is 33.2 Å². The molecule has 1 N–H and O–H groups in total. The Balaban J connectivity index is 2.56. The van der Waals surface area contributed by atoms with E-state index >= 15 is 0 Å². The van der Waals surface area contributed by atoms with Gasteiger partial charge < -0.3 is 9.88 Å². The maximum Gasteiger partial charge on any atom is 0.255 e. The zero-order valence-corrected chi connectivity index (χ0v) is 9.47. The van der Waals surface area contributed by atoms with Crippen molar-refractivity contribution >= 4 is 0 Å². The number of aryl methyl sites for hydroxylation is 1. The van der Waals surface area contributed by atoms with E-state index in [0.717, 1.165) is 24.9 Å². The van der Waals surface area contributed by atoms with E-state index in [2.05, 4.69) is 11.4 Å². The molecular formula is C12H18N2O. The van der Waals surface area contributed by atoms with Gasteiger partial charge in [0.1, 0.15) is 0 Å². The third kappa shape index (κ3) is 1.72.